The maximum Gasteiger partial charge on any atom is 0.313 e. The van der Waals surface area contributed by atoms with Gasteiger partial charge in [0.25, 0.3) is 0 Å². The highest BCUT2D eigenvalue weighted by molar-refractivity contribution is 5.73. The van der Waals surface area contributed by atoms with Crippen molar-refractivity contribution in [3.05, 3.63) is 36.4 Å². The van der Waals surface area contributed by atoms with Gasteiger partial charge in [0.15, 0.2) is 0 Å². The van der Waals surface area contributed by atoms with Gasteiger partial charge in [-0.05, 0) is 17.7 Å². The Morgan fingerprint density at radius 1 is 1.53 bits per heavy atom. The van der Waals surface area contributed by atoms with Gasteiger partial charge in [-0.3, -0.25) is 4.79 Å². The predicted octanol–water partition coefficient (Wildman–Crippen LogP) is 2.02. The molecule has 0 aliphatic carbocycles. The van der Waals surface area contributed by atoms with Crippen LogP contribution in [0.15, 0.2) is 30.8 Å². The number of esters is 1. The normalized spacial score (nSPS) is 18.3. The lowest BCUT2D eigenvalue weighted by molar-refractivity contribution is -0.134. The van der Waals surface area contributed by atoms with E-state index < -0.39 is 0 Å². The summed E-state index contributed by atoms with van der Waals surface area (Å²) in [6, 6.07) is 7.21. The van der Waals surface area contributed by atoms with Crippen LogP contribution in [0.2, 0.25) is 0 Å². The Balaban J connectivity index is 1.91. The Bertz CT molecular complexity index is 363. The van der Waals surface area contributed by atoms with Gasteiger partial charge in [0, 0.05) is 0 Å². The summed E-state index contributed by atoms with van der Waals surface area (Å²) >= 11 is 0. The third kappa shape index (κ3) is 2.92. The second-order valence-electron chi connectivity index (χ2n) is 3.41. The molecule has 15 heavy (non-hydrogen) atoms. The molecule has 0 spiro atoms. The molecular formula is C12H12O3. The van der Waals surface area contributed by atoms with Crippen molar-refractivity contribution in [3.8, 4) is 5.75 Å². The lowest BCUT2D eigenvalue weighted by Crippen LogP contribution is -2.10. The third-order valence-corrected chi connectivity index (χ3v) is 2.14. The zero-order chi connectivity index (χ0) is 10.7. The van der Waals surface area contributed by atoms with Crippen LogP contribution in [-0.2, 0) is 9.53 Å². The summed E-state index contributed by atoms with van der Waals surface area (Å²) in [4.78, 5) is 11.3. The molecule has 1 atom stereocenters. The van der Waals surface area contributed by atoms with Gasteiger partial charge in [0.2, 0.25) is 0 Å². The molecule has 0 radical (unpaired) electrons. The van der Waals surface area contributed by atoms with Crippen LogP contribution in [0.25, 0.3) is 6.08 Å². The number of hydrogen-bond donors (Lipinski definition) is 0. The van der Waals surface area contributed by atoms with Crippen LogP contribution in [0.5, 0.6) is 5.75 Å². The maximum absolute atomic E-state index is 11.3. The van der Waals surface area contributed by atoms with E-state index in [1.165, 1.54) is 0 Å². The predicted molar refractivity (Wildman–Crippen MR) is 56.5 cm³/mol. The lowest BCUT2D eigenvalue weighted by atomic mass is 10.2. The first kappa shape index (κ1) is 9.93. The van der Waals surface area contributed by atoms with Crippen molar-refractivity contribution in [3.63, 3.8) is 0 Å². The number of benzene rings is 1. The maximum atomic E-state index is 11.3. The Morgan fingerprint density at radius 3 is 2.73 bits per heavy atom. The first-order valence-corrected chi connectivity index (χ1v) is 4.83. The molecule has 78 valence electrons. The highest BCUT2D eigenvalue weighted by Crippen LogP contribution is 2.17. The lowest BCUT2D eigenvalue weighted by Gasteiger charge is -2.02. The van der Waals surface area contributed by atoms with Gasteiger partial charge in [-0.2, -0.15) is 0 Å². The fraction of sp³-hybridized carbons (Fsp3) is 0.250. The molecule has 1 fully saturated rings. The fourth-order valence-electron chi connectivity index (χ4n) is 1.22. The van der Waals surface area contributed by atoms with E-state index in [4.69, 9.17) is 9.47 Å². The average molecular weight is 204 g/mol. The number of epoxide rings is 1. The average Bonchev–Trinajstić information content (AvgIpc) is 3.03. The van der Waals surface area contributed by atoms with E-state index in [1.807, 2.05) is 12.1 Å². The summed E-state index contributed by atoms with van der Waals surface area (Å²) in [5.41, 5.74) is 1.00. The van der Waals surface area contributed by atoms with Gasteiger partial charge in [-0.25, -0.2) is 0 Å². The van der Waals surface area contributed by atoms with Gasteiger partial charge < -0.3 is 9.47 Å². The number of hydrogen-bond acceptors (Lipinski definition) is 3. The first-order valence-electron chi connectivity index (χ1n) is 4.83. The van der Waals surface area contributed by atoms with Crippen molar-refractivity contribution in [2.75, 3.05) is 6.61 Å². The molecule has 1 unspecified atom stereocenters. The second-order valence-corrected chi connectivity index (χ2v) is 3.41. The molecule has 2 rings (SSSR count). The van der Waals surface area contributed by atoms with Crippen LogP contribution in [0.1, 0.15) is 12.0 Å². The minimum absolute atomic E-state index is 0.0740. The molecule has 1 heterocycles. The topological polar surface area (TPSA) is 38.8 Å². The zero-order valence-electron chi connectivity index (χ0n) is 8.31. The van der Waals surface area contributed by atoms with Crippen LogP contribution in [0.4, 0.5) is 0 Å². The van der Waals surface area contributed by atoms with Crippen molar-refractivity contribution in [1.82, 2.24) is 0 Å². The van der Waals surface area contributed by atoms with Crippen LogP contribution in [0, 0.1) is 0 Å². The quantitative estimate of drug-likeness (QED) is 0.428. The van der Waals surface area contributed by atoms with Crippen LogP contribution < -0.4 is 4.74 Å². The summed E-state index contributed by atoms with van der Waals surface area (Å²) in [7, 11) is 0. The van der Waals surface area contributed by atoms with E-state index in [0.29, 0.717) is 18.8 Å². The van der Waals surface area contributed by atoms with E-state index in [0.717, 1.165) is 5.56 Å². The fourth-order valence-corrected chi connectivity index (χ4v) is 1.22. The number of carbonyl (C=O) groups is 1. The van der Waals surface area contributed by atoms with Gasteiger partial charge in [0.05, 0.1) is 19.1 Å². The minimum Gasteiger partial charge on any atom is -0.426 e. The SMILES string of the molecule is C=Cc1ccc(OC(=O)CC2CO2)cc1. The van der Waals surface area contributed by atoms with Gasteiger partial charge >= 0.3 is 5.97 Å². The highest BCUT2D eigenvalue weighted by Gasteiger charge is 2.26. The van der Waals surface area contributed by atoms with E-state index in [-0.39, 0.29) is 12.1 Å². The molecule has 3 nitrogen and oxygen atoms in total. The number of carbonyl (C=O) groups excluding carboxylic acids is 1. The molecule has 0 aromatic heterocycles. The molecule has 0 amide bonds. The molecule has 1 aliphatic heterocycles. The van der Waals surface area contributed by atoms with Crippen molar-refractivity contribution >= 4 is 12.0 Å². The van der Waals surface area contributed by atoms with E-state index in [1.54, 1.807) is 18.2 Å². The Hall–Kier alpha value is -1.61. The Kier molecular flexibility index (Phi) is 2.83. The monoisotopic (exact) mass is 204 g/mol. The van der Waals surface area contributed by atoms with Crippen molar-refractivity contribution in [2.24, 2.45) is 0 Å². The van der Waals surface area contributed by atoms with Gasteiger partial charge in [-0.15, -0.1) is 0 Å². The van der Waals surface area contributed by atoms with E-state index >= 15 is 0 Å². The summed E-state index contributed by atoms with van der Waals surface area (Å²) in [6.07, 6.45) is 2.15. The summed E-state index contributed by atoms with van der Waals surface area (Å²) in [5.74, 6) is 0.315. The highest BCUT2D eigenvalue weighted by atomic mass is 16.6. The van der Waals surface area contributed by atoms with Crippen molar-refractivity contribution in [1.29, 1.82) is 0 Å². The molecule has 3 heteroatoms. The molecule has 0 N–H and O–H groups in total. The van der Waals surface area contributed by atoms with Crippen LogP contribution in [-0.4, -0.2) is 18.7 Å². The molecule has 0 bridgehead atoms. The Morgan fingerprint density at radius 2 is 2.20 bits per heavy atom. The van der Waals surface area contributed by atoms with Gasteiger partial charge in [-0.1, -0.05) is 24.8 Å². The molecule has 1 aromatic carbocycles. The number of rotatable bonds is 4. The smallest absolute Gasteiger partial charge is 0.313 e. The molecule has 1 aromatic rings. The molecular weight excluding hydrogens is 192 g/mol. The van der Waals surface area contributed by atoms with Crippen molar-refractivity contribution < 1.29 is 14.3 Å². The standard InChI is InChI=1S/C12H12O3/c1-2-9-3-5-10(6-4-9)15-12(13)7-11-8-14-11/h2-6,11H,1,7-8H2. The van der Waals surface area contributed by atoms with E-state index in [9.17, 15) is 4.79 Å². The molecule has 1 saturated heterocycles. The van der Waals surface area contributed by atoms with Crippen LogP contribution >= 0.6 is 0 Å². The van der Waals surface area contributed by atoms with Crippen molar-refractivity contribution in [2.45, 2.75) is 12.5 Å². The second kappa shape index (κ2) is 4.28. The molecule has 1 aliphatic rings. The Labute approximate surface area is 88.3 Å². The minimum atomic E-state index is -0.246. The third-order valence-electron chi connectivity index (χ3n) is 2.14. The molecule has 0 saturated carbocycles. The summed E-state index contributed by atoms with van der Waals surface area (Å²) < 4.78 is 10.1. The largest absolute Gasteiger partial charge is 0.426 e. The van der Waals surface area contributed by atoms with Crippen LogP contribution in [0.3, 0.4) is 0 Å². The van der Waals surface area contributed by atoms with Gasteiger partial charge in [0.1, 0.15) is 5.75 Å². The first-order chi connectivity index (χ1) is 7.28. The number of ether oxygens (including phenoxy) is 2. The van der Waals surface area contributed by atoms with E-state index in [2.05, 4.69) is 6.58 Å². The summed E-state index contributed by atoms with van der Waals surface area (Å²) in [5, 5.41) is 0. The summed E-state index contributed by atoms with van der Waals surface area (Å²) in [6.45, 7) is 4.32. The zero-order valence-corrected chi connectivity index (χ0v) is 8.31.